The molecule has 0 aliphatic heterocycles. The van der Waals surface area contributed by atoms with E-state index in [1.165, 1.54) is 44.1 Å². The molecule has 0 unspecified atom stereocenters. The molecule has 1 aromatic rings. The average molecular weight is 248 g/mol. The van der Waals surface area contributed by atoms with Crippen molar-refractivity contribution >= 4 is 0 Å². The summed E-state index contributed by atoms with van der Waals surface area (Å²) < 4.78 is 5.12. The summed E-state index contributed by atoms with van der Waals surface area (Å²) in [5.41, 5.74) is 1.24. The minimum atomic E-state index is 0.696. The van der Waals surface area contributed by atoms with Crippen LogP contribution in [0.4, 0.5) is 0 Å². The van der Waals surface area contributed by atoms with Crippen molar-refractivity contribution in [1.82, 2.24) is 10.3 Å². The summed E-state index contributed by atoms with van der Waals surface area (Å²) in [6.07, 6.45) is 10.3. The third-order valence-electron chi connectivity index (χ3n) is 3.79. The van der Waals surface area contributed by atoms with Crippen LogP contribution >= 0.6 is 0 Å². The molecule has 0 atom stereocenters. The van der Waals surface area contributed by atoms with Gasteiger partial charge in [0.05, 0.1) is 7.11 Å². The van der Waals surface area contributed by atoms with Gasteiger partial charge in [0.15, 0.2) is 0 Å². The summed E-state index contributed by atoms with van der Waals surface area (Å²) in [7, 11) is 1.66. The Labute approximate surface area is 110 Å². The molecular weight excluding hydrogens is 224 g/mol. The number of aromatic nitrogens is 1. The second-order valence-electron chi connectivity index (χ2n) is 5.18. The number of hydrogen-bond acceptors (Lipinski definition) is 3. The zero-order chi connectivity index (χ0) is 12.6. The van der Waals surface area contributed by atoms with Gasteiger partial charge in [-0.3, -0.25) is 0 Å². The first-order chi connectivity index (χ1) is 8.88. The Hall–Kier alpha value is -1.09. The Balaban J connectivity index is 1.65. The fourth-order valence-electron chi connectivity index (χ4n) is 2.69. The number of nitrogens with zero attached hydrogens (tertiary/aromatic N) is 1. The highest BCUT2D eigenvalue weighted by Crippen LogP contribution is 2.25. The van der Waals surface area contributed by atoms with Gasteiger partial charge in [0.1, 0.15) is 0 Å². The molecule has 1 saturated carbocycles. The maximum Gasteiger partial charge on any atom is 0.213 e. The predicted molar refractivity (Wildman–Crippen MR) is 73.7 cm³/mol. The normalized spacial score (nSPS) is 16.7. The molecule has 3 nitrogen and oxygen atoms in total. The Kier molecular flexibility index (Phi) is 5.46. The first-order valence-corrected chi connectivity index (χ1v) is 7.08. The largest absolute Gasteiger partial charge is 0.481 e. The Morgan fingerprint density at radius 2 is 2.17 bits per heavy atom. The van der Waals surface area contributed by atoms with E-state index in [4.69, 9.17) is 4.74 Å². The predicted octanol–water partition coefficient (Wildman–Crippen LogP) is 3.15. The molecule has 100 valence electrons. The van der Waals surface area contributed by atoms with Gasteiger partial charge in [0.25, 0.3) is 0 Å². The fourth-order valence-corrected chi connectivity index (χ4v) is 2.69. The van der Waals surface area contributed by atoms with Crippen molar-refractivity contribution in [2.45, 2.75) is 45.1 Å². The van der Waals surface area contributed by atoms with E-state index in [1.54, 1.807) is 13.3 Å². The van der Waals surface area contributed by atoms with Gasteiger partial charge in [-0.15, -0.1) is 0 Å². The van der Waals surface area contributed by atoms with Crippen molar-refractivity contribution in [3.8, 4) is 5.88 Å². The van der Waals surface area contributed by atoms with E-state index in [1.807, 2.05) is 12.1 Å². The lowest BCUT2D eigenvalue weighted by atomic mass is 9.87. The van der Waals surface area contributed by atoms with Crippen LogP contribution in [0.3, 0.4) is 0 Å². The van der Waals surface area contributed by atoms with E-state index in [2.05, 4.69) is 10.3 Å². The molecule has 1 aliphatic rings. The van der Waals surface area contributed by atoms with Crippen LogP contribution in [0.1, 0.15) is 44.1 Å². The minimum Gasteiger partial charge on any atom is -0.481 e. The first-order valence-electron chi connectivity index (χ1n) is 7.08. The van der Waals surface area contributed by atoms with Gasteiger partial charge in [-0.1, -0.05) is 32.1 Å². The van der Waals surface area contributed by atoms with Crippen molar-refractivity contribution in [1.29, 1.82) is 0 Å². The van der Waals surface area contributed by atoms with Crippen LogP contribution in [0.5, 0.6) is 5.88 Å². The monoisotopic (exact) mass is 248 g/mol. The molecule has 0 spiro atoms. The SMILES string of the molecule is COc1cc(CNCCC2CCCCC2)ccn1. The molecule has 18 heavy (non-hydrogen) atoms. The zero-order valence-electron chi connectivity index (χ0n) is 11.3. The Morgan fingerprint density at radius 1 is 1.33 bits per heavy atom. The third kappa shape index (κ3) is 4.30. The molecule has 1 aromatic heterocycles. The molecule has 0 aromatic carbocycles. The third-order valence-corrected chi connectivity index (χ3v) is 3.79. The van der Waals surface area contributed by atoms with Gasteiger partial charge in [0, 0.05) is 18.8 Å². The maximum absolute atomic E-state index is 5.12. The van der Waals surface area contributed by atoms with Crippen LogP contribution in [0.2, 0.25) is 0 Å². The summed E-state index contributed by atoms with van der Waals surface area (Å²) in [6.45, 7) is 2.03. The topological polar surface area (TPSA) is 34.1 Å². The second-order valence-corrected chi connectivity index (χ2v) is 5.18. The van der Waals surface area contributed by atoms with Gasteiger partial charge in [-0.25, -0.2) is 4.98 Å². The maximum atomic E-state index is 5.12. The van der Waals surface area contributed by atoms with E-state index in [-0.39, 0.29) is 0 Å². The molecule has 1 aliphatic carbocycles. The van der Waals surface area contributed by atoms with Crippen molar-refractivity contribution in [2.75, 3.05) is 13.7 Å². The molecule has 2 rings (SSSR count). The number of pyridine rings is 1. The quantitative estimate of drug-likeness (QED) is 0.785. The summed E-state index contributed by atoms with van der Waals surface area (Å²) in [4.78, 5) is 4.11. The second kappa shape index (κ2) is 7.37. The number of rotatable bonds is 6. The van der Waals surface area contributed by atoms with Crippen molar-refractivity contribution in [3.05, 3.63) is 23.9 Å². The molecule has 1 fully saturated rings. The Bertz CT molecular complexity index is 348. The van der Waals surface area contributed by atoms with E-state index >= 15 is 0 Å². The summed E-state index contributed by atoms with van der Waals surface area (Å²) >= 11 is 0. The van der Waals surface area contributed by atoms with Gasteiger partial charge in [-0.05, 0) is 30.5 Å². The van der Waals surface area contributed by atoms with Crippen LogP contribution in [-0.4, -0.2) is 18.6 Å². The average Bonchev–Trinajstić information content (AvgIpc) is 2.45. The van der Waals surface area contributed by atoms with Crippen molar-refractivity contribution < 1.29 is 4.74 Å². The number of methoxy groups -OCH3 is 1. The van der Waals surface area contributed by atoms with Gasteiger partial charge < -0.3 is 10.1 Å². The summed E-state index contributed by atoms with van der Waals surface area (Å²) in [6, 6.07) is 4.03. The molecule has 1 N–H and O–H groups in total. The summed E-state index contributed by atoms with van der Waals surface area (Å²) in [5, 5.41) is 3.52. The molecule has 1 heterocycles. The summed E-state index contributed by atoms with van der Waals surface area (Å²) in [5.74, 6) is 1.65. The molecular formula is C15H24N2O. The highest BCUT2D eigenvalue weighted by atomic mass is 16.5. The van der Waals surface area contributed by atoms with Crippen molar-refractivity contribution in [3.63, 3.8) is 0 Å². The van der Waals surface area contributed by atoms with Crippen LogP contribution in [-0.2, 0) is 6.54 Å². The first kappa shape index (κ1) is 13.3. The molecule has 0 radical (unpaired) electrons. The standard InChI is InChI=1S/C15H24N2O/c1-18-15-11-14(8-10-17-15)12-16-9-7-13-5-3-2-4-6-13/h8,10-11,13,16H,2-7,9,12H2,1H3. The van der Waals surface area contributed by atoms with Crippen LogP contribution in [0.25, 0.3) is 0 Å². The highest BCUT2D eigenvalue weighted by molar-refractivity contribution is 5.20. The van der Waals surface area contributed by atoms with E-state index in [0.29, 0.717) is 5.88 Å². The van der Waals surface area contributed by atoms with Crippen molar-refractivity contribution in [2.24, 2.45) is 5.92 Å². The van der Waals surface area contributed by atoms with Gasteiger partial charge in [0.2, 0.25) is 5.88 Å². The molecule has 0 bridgehead atoms. The lowest BCUT2D eigenvalue weighted by molar-refractivity contribution is 0.333. The molecule has 0 saturated heterocycles. The molecule has 0 amide bonds. The lowest BCUT2D eigenvalue weighted by Gasteiger charge is -2.21. The van der Waals surface area contributed by atoms with E-state index < -0.39 is 0 Å². The number of nitrogens with one attached hydrogen (secondary N) is 1. The minimum absolute atomic E-state index is 0.696. The van der Waals surface area contributed by atoms with Crippen LogP contribution in [0.15, 0.2) is 18.3 Å². The molecule has 3 heteroatoms. The van der Waals surface area contributed by atoms with Gasteiger partial charge >= 0.3 is 0 Å². The fraction of sp³-hybridized carbons (Fsp3) is 0.667. The van der Waals surface area contributed by atoms with Crippen LogP contribution < -0.4 is 10.1 Å². The number of hydrogen-bond donors (Lipinski definition) is 1. The lowest BCUT2D eigenvalue weighted by Crippen LogP contribution is -2.19. The van der Waals surface area contributed by atoms with E-state index in [0.717, 1.165) is 19.0 Å². The number of ether oxygens (including phenoxy) is 1. The Morgan fingerprint density at radius 3 is 2.94 bits per heavy atom. The smallest absolute Gasteiger partial charge is 0.213 e. The van der Waals surface area contributed by atoms with Crippen LogP contribution in [0, 0.1) is 5.92 Å². The van der Waals surface area contributed by atoms with Gasteiger partial charge in [-0.2, -0.15) is 0 Å². The van der Waals surface area contributed by atoms with E-state index in [9.17, 15) is 0 Å². The highest BCUT2D eigenvalue weighted by Gasteiger charge is 2.12. The zero-order valence-corrected chi connectivity index (χ0v) is 11.3.